The molecule has 0 radical (unpaired) electrons. The maximum atomic E-state index is 12.1. The first-order valence-electron chi connectivity index (χ1n) is 6.33. The molecule has 0 unspecified atom stereocenters. The molecule has 0 N–H and O–H groups in total. The topological polar surface area (TPSA) is 113 Å². The van der Waals surface area contributed by atoms with Crippen LogP contribution in [0.2, 0.25) is 0 Å². The summed E-state index contributed by atoms with van der Waals surface area (Å²) >= 11 is 0. The van der Waals surface area contributed by atoms with Crippen LogP contribution in [0.4, 0.5) is 5.69 Å². The van der Waals surface area contributed by atoms with E-state index in [1.807, 2.05) is 0 Å². The molecule has 0 aromatic heterocycles. The Labute approximate surface area is 123 Å². The van der Waals surface area contributed by atoms with Crippen molar-refractivity contribution in [3.8, 4) is 11.5 Å². The van der Waals surface area contributed by atoms with Crippen LogP contribution in [0.1, 0.15) is 5.56 Å². The number of fused-ring (bicyclic) bond motifs is 2. The van der Waals surface area contributed by atoms with Gasteiger partial charge in [-0.1, -0.05) is 0 Å². The molecular weight excluding hydrogens is 290 g/mol. The number of nitrogens with zero attached hydrogens (tertiary/aromatic N) is 5. The molecule has 2 aliphatic rings. The summed E-state index contributed by atoms with van der Waals surface area (Å²) in [4.78, 5) is 42.4. The molecule has 9 heteroatoms. The maximum absolute atomic E-state index is 12.1. The second kappa shape index (κ2) is 4.45. The molecule has 0 atom stereocenters. The summed E-state index contributed by atoms with van der Waals surface area (Å²) in [7, 11) is 2.90. The lowest BCUT2D eigenvalue weighted by Gasteiger charge is -2.13. The number of rotatable bonds is 1. The van der Waals surface area contributed by atoms with Crippen LogP contribution < -0.4 is 11.2 Å². The van der Waals surface area contributed by atoms with Crippen LogP contribution in [0.25, 0.3) is 22.6 Å². The number of benzene rings is 1. The predicted molar refractivity (Wildman–Crippen MR) is 78.0 cm³/mol. The average molecular weight is 301 g/mol. The van der Waals surface area contributed by atoms with Crippen LogP contribution in [0.3, 0.4) is 0 Å². The van der Waals surface area contributed by atoms with Crippen molar-refractivity contribution in [1.82, 2.24) is 19.1 Å². The van der Waals surface area contributed by atoms with E-state index < -0.39 is 16.2 Å². The first kappa shape index (κ1) is 13.9. The van der Waals surface area contributed by atoms with E-state index in [0.29, 0.717) is 16.6 Å². The minimum atomic E-state index is -0.698. The first-order valence-corrected chi connectivity index (χ1v) is 6.33. The molecule has 0 amide bonds. The van der Waals surface area contributed by atoms with Gasteiger partial charge in [0.1, 0.15) is 0 Å². The Morgan fingerprint density at radius 3 is 2.45 bits per heavy atom. The smallest absolute Gasteiger partial charge is 0.325 e. The van der Waals surface area contributed by atoms with Gasteiger partial charge < -0.3 is 4.57 Å². The van der Waals surface area contributed by atoms with Crippen molar-refractivity contribution in [2.45, 2.75) is 6.92 Å². The van der Waals surface area contributed by atoms with E-state index in [1.54, 1.807) is 14.0 Å². The summed E-state index contributed by atoms with van der Waals surface area (Å²) in [5.74, 6) is 0.0961. The van der Waals surface area contributed by atoms with E-state index in [0.717, 1.165) is 4.57 Å². The number of aryl methyl sites for hydroxylation is 2. The summed E-state index contributed by atoms with van der Waals surface area (Å²) in [6.07, 6.45) is 0. The third-order valence-electron chi connectivity index (χ3n) is 3.61. The summed E-state index contributed by atoms with van der Waals surface area (Å²) < 4.78 is 2.34. The highest BCUT2D eigenvalue weighted by molar-refractivity contribution is 5.82. The Bertz CT molecular complexity index is 1030. The molecular formula is C13H11N5O4. The molecule has 1 aromatic carbocycles. The van der Waals surface area contributed by atoms with Gasteiger partial charge >= 0.3 is 5.69 Å². The van der Waals surface area contributed by atoms with Crippen LogP contribution in [-0.2, 0) is 14.1 Å². The van der Waals surface area contributed by atoms with Crippen LogP contribution in [0.15, 0.2) is 21.7 Å². The van der Waals surface area contributed by atoms with Gasteiger partial charge in [-0.05, 0) is 13.0 Å². The maximum Gasteiger partial charge on any atom is 0.352 e. The quantitative estimate of drug-likeness (QED) is 0.364. The van der Waals surface area contributed by atoms with Crippen molar-refractivity contribution < 1.29 is 4.92 Å². The molecule has 0 aliphatic carbocycles. The minimum Gasteiger partial charge on any atom is -0.325 e. The third kappa shape index (κ3) is 1.79. The van der Waals surface area contributed by atoms with E-state index in [1.165, 1.54) is 23.7 Å². The monoisotopic (exact) mass is 301 g/mol. The number of nitro groups is 1. The van der Waals surface area contributed by atoms with Crippen LogP contribution >= 0.6 is 0 Å². The second-order valence-corrected chi connectivity index (χ2v) is 4.99. The molecule has 0 saturated carbocycles. The molecule has 2 heterocycles. The van der Waals surface area contributed by atoms with Crippen molar-refractivity contribution in [1.29, 1.82) is 0 Å². The minimum absolute atomic E-state index is 0.0466. The molecule has 112 valence electrons. The van der Waals surface area contributed by atoms with Crippen molar-refractivity contribution in [3.05, 3.63) is 48.6 Å². The zero-order valence-corrected chi connectivity index (χ0v) is 12.0. The summed E-state index contributed by atoms with van der Waals surface area (Å²) in [6.45, 7) is 1.60. The Morgan fingerprint density at radius 2 is 1.82 bits per heavy atom. The number of aromatic nitrogens is 4. The van der Waals surface area contributed by atoms with E-state index >= 15 is 0 Å². The van der Waals surface area contributed by atoms with E-state index in [-0.39, 0.29) is 17.2 Å². The standard InChI is InChI=1S/C13H11N5O4/c1-6-4-7-9(5-8(6)18(21)22)16(2)11-10(14-7)12(19)17(3)13(20)15-11/h4-5H,1-3H3. The Kier molecular flexibility index (Phi) is 2.80. The molecule has 22 heavy (non-hydrogen) atoms. The lowest BCUT2D eigenvalue weighted by atomic mass is 10.1. The Balaban J connectivity index is 2.56. The van der Waals surface area contributed by atoms with Crippen molar-refractivity contribution in [2.75, 3.05) is 0 Å². The largest absolute Gasteiger partial charge is 0.352 e. The van der Waals surface area contributed by atoms with Crippen molar-refractivity contribution in [2.24, 2.45) is 14.1 Å². The van der Waals surface area contributed by atoms with Gasteiger partial charge in [0.15, 0.2) is 11.5 Å². The highest BCUT2D eigenvalue weighted by Crippen LogP contribution is 2.26. The normalized spacial score (nSPS) is 11.2. The van der Waals surface area contributed by atoms with Crippen LogP contribution in [-0.4, -0.2) is 24.0 Å². The second-order valence-electron chi connectivity index (χ2n) is 4.99. The fraction of sp³-hybridized carbons (Fsp3) is 0.231. The predicted octanol–water partition coefficient (Wildman–Crippen LogP) is 0.349. The molecule has 0 spiro atoms. The van der Waals surface area contributed by atoms with Gasteiger partial charge in [-0.25, -0.2) is 9.78 Å². The van der Waals surface area contributed by atoms with Crippen LogP contribution in [0.5, 0.6) is 0 Å². The fourth-order valence-electron chi connectivity index (χ4n) is 2.35. The molecule has 9 nitrogen and oxygen atoms in total. The molecule has 3 rings (SSSR count). The zero-order chi connectivity index (χ0) is 16.2. The Morgan fingerprint density at radius 1 is 1.14 bits per heavy atom. The third-order valence-corrected chi connectivity index (χ3v) is 3.61. The van der Waals surface area contributed by atoms with Crippen molar-refractivity contribution in [3.63, 3.8) is 0 Å². The number of hydrogen-bond acceptors (Lipinski definition) is 6. The molecule has 0 saturated heterocycles. The zero-order valence-electron chi connectivity index (χ0n) is 12.0. The molecule has 2 aliphatic heterocycles. The van der Waals surface area contributed by atoms with Gasteiger partial charge in [-0.3, -0.25) is 19.5 Å². The van der Waals surface area contributed by atoms with Crippen molar-refractivity contribution >= 4 is 16.7 Å². The van der Waals surface area contributed by atoms with E-state index in [4.69, 9.17) is 0 Å². The van der Waals surface area contributed by atoms with Gasteiger partial charge in [0.25, 0.3) is 11.2 Å². The highest BCUT2D eigenvalue weighted by Gasteiger charge is 2.21. The SMILES string of the molecule is Cc1cc2nc3c(=O)n(C)c(=O)nc-3n(C)c2cc1[N+](=O)[O-]. The summed E-state index contributed by atoms with van der Waals surface area (Å²) in [5, 5.41) is 11.1. The fourth-order valence-corrected chi connectivity index (χ4v) is 2.35. The molecule has 1 aromatic rings. The molecule has 0 bridgehead atoms. The van der Waals surface area contributed by atoms with E-state index in [2.05, 4.69) is 9.97 Å². The lowest BCUT2D eigenvalue weighted by Crippen LogP contribution is -2.36. The van der Waals surface area contributed by atoms with Gasteiger partial charge in [0.2, 0.25) is 0 Å². The highest BCUT2D eigenvalue weighted by atomic mass is 16.6. The van der Waals surface area contributed by atoms with Gasteiger partial charge in [-0.15, -0.1) is 0 Å². The number of hydrogen-bond donors (Lipinski definition) is 0. The summed E-state index contributed by atoms with van der Waals surface area (Å²) in [6, 6.07) is 2.90. The molecule has 0 fully saturated rings. The van der Waals surface area contributed by atoms with Gasteiger partial charge in [0.05, 0.1) is 16.0 Å². The van der Waals surface area contributed by atoms with Crippen LogP contribution in [0, 0.1) is 17.0 Å². The summed E-state index contributed by atoms with van der Waals surface area (Å²) in [5.41, 5.74) is 0.0235. The van der Waals surface area contributed by atoms with Gasteiger partial charge in [0, 0.05) is 25.7 Å². The first-order chi connectivity index (χ1) is 10.3. The Hall–Kier alpha value is -3.10. The van der Waals surface area contributed by atoms with Gasteiger partial charge in [-0.2, -0.15) is 4.98 Å². The van der Waals surface area contributed by atoms with E-state index in [9.17, 15) is 19.7 Å². The lowest BCUT2D eigenvalue weighted by molar-refractivity contribution is -0.385. The average Bonchev–Trinajstić information content (AvgIpc) is 2.46. The number of nitro benzene ring substituents is 1.